The lowest BCUT2D eigenvalue weighted by atomic mass is 10.0. The number of piperazine rings is 1. The smallest absolute Gasteiger partial charge is 0.269 e. The number of nitro groups is 1. The van der Waals surface area contributed by atoms with Gasteiger partial charge in [-0.15, -0.1) is 0 Å². The first-order valence-electron chi connectivity index (χ1n) is 8.57. The zero-order chi connectivity index (χ0) is 17.8. The molecule has 2 aromatic carbocycles. The first-order chi connectivity index (χ1) is 12.1. The zero-order valence-corrected chi connectivity index (χ0v) is 14.3. The molecule has 132 valence electrons. The standard InChI is InChI=1S/C19H22FN3O2/c1-2-19(15-3-7-18(8-4-15)23(24)25)22-13-11-21(12-14-22)17-9-5-16(20)6-10-17/h3-10,19H,2,11-14H2,1H3. The van der Waals surface area contributed by atoms with Crippen LogP contribution in [0.4, 0.5) is 15.8 Å². The summed E-state index contributed by atoms with van der Waals surface area (Å²) in [6.45, 7) is 5.72. The summed E-state index contributed by atoms with van der Waals surface area (Å²) < 4.78 is 13.1. The summed E-state index contributed by atoms with van der Waals surface area (Å²) in [6.07, 6.45) is 0.953. The van der Waals surface area contributed by atoms with E-state index < -0.39 is 0 Å². The lowest BCUT2D eigenvalue weighted by Gasteiger charge is -2.40. The van der Waals surface area contributed by atoms with Crippen LogP contribution in [0, 0.1) is 15.9 Å². The molecule has 25 heavy (non-hydrogen) atoms. The van der Waals surface area contributed by atoms with E-state index in [0.29, 0.717) is 0 Å². The molecule has 0 radical (unpaired) electrons. The van der Waals surface area contributed by atoms with Crippen LogP contribution in [0.25, 0.3) is 0 Å². The molecule has 2 aromatic rings. The van der Waals surface area contributed by atoms with Crippen LogP contribution < -0.4 is 4.90 Å². The summed E-state index contributed by atoms with van der Waals surface area (Å²) in [5.74, 6) is -0.216. The molecule has 6 heteroatoms. The molecule has 1 aliphatic heterocycles. The zero-order valence-electron chi connectivity index (χ0n) is 14.3. The number of benzene rings is 2. The van der Waals surface area contributed by atoms with Crippen LogP contribution in [0.5, 0.6) is 0 Å². The average Bonchev–Trinajstić information content (AvgIpc) is 2.64. The largest absolute Gasteiger partial charge is 0.369 e. The van der Waals surface area contributed by atoms with Crippen molar-refractivity contribution in [3.8, 4) is 0 Å². The van der Waals surface area contributed by atoms with E-state index in [1.165, 1.54) is 12.1 Å². The Labute approximate surface area is 146 Å². The summed E-state index contributed by atoms with van der Waals surface area (Å²) in [7, 11) is 0. The highest BCUT2D eigenvalue weighted by atomic mass is 19.1. The van der Waals surface area contributed by atoms with Crippen molar-refractivity contribution >= 4 is 11.4 Å². The predicted molar refractivity (Wildman–Crippen MR) is 96.3 cm³/mol. The van der Waals surface area contributed by atoms with Gasteiger partial charge < -0.3 is 4.90 Å². The van der Waals surface area contributed by atoms with E-state index in [0.717, 1.165) is 43.9 Å². The van der Waals surface area contributed by atoms with Gasteiger partial charge in [-0.05, 0) is 36.2 Å². The molecule has 0 aromatic heterocycles. The van der Waals surface area contributed by atoms with Crippen molar-refractivity contribution in [2.24, 2.45) is 0 Å². The van der Waals surface area contributed by atoms with Gasteiger partial charge in [0.25, 0.3) is 5.69 Å². The Balaban J connectivity index is 1.65. The van der Waals surface area contributed by atoms with Crippen molar-refractivity contribution in [1.29, 1.82) is 0 Å². The molecule has 0 spiro atoms. The number of anilines is 1. The van der Waals surface area contributed by atoms with Gasteiger partial charge in [0.1, 0.15) is 5.82 Å². The highest BCUT2D eigenvalue weighted by Gasteiger charge is 2.24. The maximum atomic E-state index is 13.1. The summed E-state index contributed by atoms with van der Waals surface area (Å²) in [4.78, 5) is 15.1. The fourth-order valence-electron chi connectivity index (χ4n) is 3.47. The topological polar surface area (TPSA) is 49.6 Å². The molecule has 1 aliphatic rings. The minimum Gasteiger partial charge on any atom is -0.369 e. The van der Waals surface area contributed by atoms with Crippen molar-refractivity contribution < 1.29 is 9.31 Å². The monoisotopic (exact) mass is 343 g/mol. The number of hydrogen-bond acceptors (Lipinski definition) is 4. The fraction of sp³-hybridized carbons (Fsp3) is 0.368. The van der Waals surface area contributed by atoms with Gasteiger partial charge in [0.2, 0.25) is 0 Å². The third-order valence-electron chi connectivity index (χ3n) is 4.82. The van der Waals surface area contributed by atoms with Crippen molar-refractivity contribution in [1.82, 2.24) is 4.90 Å². The molecule has 0 amide bonds. The molecular weight excluding hydrogens is 321 g/mol. The second-order valence-corrected chi connectivity index (χ2v) is 6.27. The Morgan fingerprint density at radius 2 is 1.64 bits per heavy atom. The molecule has 1 atom stereocenters. The Bertz CT molecular complexity index is 710. The maximum Gasteiger partial charge on any atom is 0.269 e. The van der Waals surface area contributed by atoms with E-state index in [2.05, 4.69) is 16.7 Å². The predicted octanol–water partition coefficient (Wildman–Crippen LogP) is 4.01. The van der Waals surface area contributed by atoms with Gasteiger partial charge in [-0.2, -0.15) is 0 Å². The van der Waals surface area contributed by atoms with Crippen LogP contribution in [0.3, 0.4) is 0 Å². The molecule has 1 fully saturated rings. The minimum absolute atomic E-state index is 0.125. The minimum atomic E-state index is -0.369. The van der Waals surface area contributed by atoms with Gasteiger partial charge in [-0.3, -0.25) is 15.0 Å². The van der Waals surface area contributed by atoms with Crippen molar-refractivity contribution in [3.05, 3.63) is 70.0 Å². The average molecular weight is 343 g/mol. The molecule has 1 unspecified atom stereocenters. The van der Waals surface area contributed by atoms with Gasteiger partial charge >= 0.3 is 0 Å². The SMILES string of the molecule is CCC(c1ccc([N+](=O)[O-])cc1)N1CCN(c2ccc(F)cc2)CC1. The van der Waals surface area contributed by atoms with E-state index in [1.807, 2.05) is 24.3 Å². The molecule has 0 N–H and O–H groups in total. The van der Waals surface area contributed by atoms with E-state index in [1.54, 1.807) is 12.1 Å². The Hall–Kier alpha value is -2.47. The highest BCUT2D eigenvalue weighted by Crippen LogP contribution is 2.28. The van der Waals surface area contributed by atoms with Crippen LogP contribution in [0.1, 0.15) is 24.9 Å². The van der Waals surface area contributed by atoms with Gasteiger partial charge in [0, 0.05) is 50.0 Å². The normalized spacial score (nSPS) is 16.6. The quantitative estimate of drug-likeness (QED) is 0.608. The molecule has 3 rings (SSSR count). The van der Waals surface area contributed by atoms with Gasteiger partial charge in [-0.1, -0.05) is 19.1 Å². The van der Waals surface area contributed by atoms with E-state index in [4.69, 9.17) is 0 Å². The summed E-state index contributed by atoms with van der Waals surface area (Å²) >= 11 is 0. The summed E-state index contributed by atoms with van der Waals surface area (Å²) in [5.41, 5.74) is 2.28. The lowest BCUT2D eigenvalue weighted by molar-refractivity contribution is -0.384. The highest BCUT2D eigenvalue weighted by molar-refractivity contribution is 5.46. The van der Waals surface area contributed by atoms with Crippen LogP contribution in [0.2, 0.25) is 0 Å². The van der Waals surface area contributed by atoms with Crippen LogP contribution in [0.15, 0.2) is 48.5 Å². The fourth-order valence-corrected chi connectivity index (χ4v) is 3.47. The number of nitrogens with zero attached hydrogens (tertiary/aromatic N) is 3. The Morgan fingerprint density at radius 1 is 1.04 bits per heavy atom. The third kappa shape index (κ3) is 3.96. The lowest BCUT2D eigenvalue weighted by Crippen LogP contribution is -2.47. The molecule has 0 bridgehead atoms. The van der Waals surface area contributed by atoms with E-state index in [-0.39, 0.29) is 22.5 Å². The van der Waals surface area contributed by atoms with Gasteiger partial charge in [0.05, 0.1) is 4.92 Å². The van der Waals surface area contributed by atoms with Crippen molar-refractivity contribution in [2.45, 2.75) is 19.4 Å². The number of non-ortho nitro benzene ring substituents is 1. The van der Waals surface area contributed by atoms with Crippen LogP contribution in [-0.4, -0.2) is 36.0 Å². The molecule has 5 nitrogen and oxygen atoms in total. The van der Waals surface area contributed by atoms with Gasteiger partial charge in [0.15, 0.2) is 0 Å². The van der Waals surface area contributed by atoms with Crippen molar-refractivity contribution in [2.75, 3.05) is 31.1 Å². The number of hydrogen-bond donors (Lipinski definition) is 0. The van der Waals surface area contributed by atoms with E-state index in [9.17, 15) is 14.5 Å². The second kappa shape index (κ2) is 7.61. The summed E-state index contributed by atoms with van der Waals surface area (Å²) in [5, 5.41) is 10.8. The summed E-state index contributed by atoms with van der Waals surface area (Å²) in [6, 6.07) is 13.8. The van der Waals surface area contributed by atoms with Gasteiger partial charge in [-0.25, -0.2) is 4.39 Å². The second-order valence-electron chi connectivity index (χ2n) is 6.27. The molecular formula is C19H22FN3O2. The number of rotatable bonds is 5. The van der Waals surface area contributed by atoms with Crippen molar-refractivity contribution in [3.63, 3.8) is 0 Å². The molecule has 0 saturated carbocycles. The molecule has 1 heterocycles. The molecule has 0 aliphatic carbocycles. The van der Waals surface area contributed by atoms with E-state index >= 15 is 0 Å². The number of nitro benzene ring substituents is 1. The Kier molecular flexibility index (Phi) is 5.28. The van der Waals surface area contributed by atoms with Crippen LogP contribution >= 0.6 is 0 Å². The first kappa shape index (κ1) is 17.4. The Morgan fingerprint density at radius 3 is 2.16 bits per heavy atom. The maximum absolute atomic E-state index is 13.1. The number of halogens is 1. The first-order valence-corrected chi connectivity index (χ1v) is 8.57. The van der Waals surface area contributed by atoms with Crippen LogP contribution in [-0.2, 0) is 0 Å². The molecule has 1 saturated heterocycles. The third-order valence-corrected chi connectivity index (χ3v) is 4.82.